The second kappa shape index (κ2) is 5.35. The summed E-state index contributed by atoms with van der Waals surface area (Å²) in [4.78, 5) is 0. The molecule has 1 aliphatic carbocycles. The molecule has 0 aromatic heterocycles. The maximum atomic E-state index is 2.42. The van der Waals surface area contributed by atoms with Gasteiger partial charge in [-0.1, -0.05) is 78.9 Å². The van der Waals surface area contributed by atoms with E-state index in [1.54, 1.807) is 0 Å². The fraction of sp³-hybridized carbons (Fsp3) is 0.0833. The standard InChI is InChI=1S/C24H18/c1-2-7-17(8-3-1)23-12-6-11-20-15-21-13-18-9-4-5-10-19(18)14-22(21)16-24(20)23/h1-12,15-16H,13-14H2. The minimum atomic E-state index is 1.05. The van der Waals surface area contributed by atoms with E-state index in [2.05, 4.69) is 84.9 Å². The second-order valence-corrected chi connectivity index (χ2v) is 6.64. The van der Waals surface area contributed by atoms with E-state index >= 15 is 0 Å². The van der Waals surface area contributed by atoms with Crippen molar-refractivity contribution >= 4 is 10.8 Å². The predicted molar refractivity (Wildman–Crippen MR) is 101 cm³/mol. The fourth-order valence-corrected chi connectivity index (χ4v) is 3.93. The Morgan fingerprint density at radius 3 is 1.92 bits per heavy atom. The average molecular weight is 306 g/mol. The van der Waals surface area contributed by atoms with Gasteiger partial charge in [0.2, 0.25) is 0 Å². The summed E-state index contributed by atoms with van der Waals surface area (Å²) in [5, 5.41) is 2.70. The number of hydrogen-bond acceptors (Lipinski definition) is 0. The molecule has 0 spiro atoms. The molecule has 0 fully saturated rings. The zero-order chi connectivity index (χ0) is 15.9. The molecule has 0 saturated carbocycles. The molecule has 4 aromatic carbocycles. The Kier molecular flexibility index (Phi) is 3.02. The van der Waals surface area contributed by atoms with Gasteiger partial charge in [-0.05, 0) is 63.1 Å². The minimum absolute atomic E-state index is 1.05. The lowest BCUT2D eigenvalue weighted by Crippen LogP contribution is -2.07. The lowest BCUT2D eigenvalue weighted by molar-refractivity contribution is 1.01. The molecule has 0 atom stereocenters. The van der Waals surface area contributed by atoms with E-state index in [1.165, 1.54) is 44.2 Å². The van der Waals surface area contributed by atoms with Crippen molar-refractivity contribution in [3.8, 4) is 11.1 Å². The van der Waals surface area contributed by atoms with Crippen LogP contribution in [0.25, 0.3) is 21.9 Å². The zero-order valence-electron chi connectivity index (χ0n) is 13.5. The molecular formula is C24H18. The summed E-state index contributed by atoms with van der Waals surface area (Å²) in [6.45, 7) is 0. The van der Waals surface area contributed by atoms with Gasteiger partial charge in [-0.15, -0.1) is 0 Å². The van der Waals surface area contributed by atoms with E-state index < -0.39 is 0 Å². The average Bonchev–Trinajstić information content (AvgIpc) is 2.65. The largest absolute Gasteiger partial charge is 0.0622 e. The molecule has 114 valence electrons. The summed E-state index contributed by atoms with van der Waals surface area (Å²) in [5.41, 5.74) is 8.52. The maximum Gasteiger partial charge on any atom is -0.00198 e. The normalized spacial score (nSPS) is 12.7. The van der Waals surface area contributed by atoms with Gasteiger partial charge in [0.15, 0.2) is 0 Å². The molecule has 1 aliphatic rings. The second-order valence-electron chi connectivity index (χ2n) is 6.64. The molecule has 0 amide bonds. The highest BCUT2D eigenvalue weighted by Crippen LogP contribution is 2.34. The van der Waals surface area contributed by atoms with Gasteiger partial charge in [-0.2, -0.15) is 0 Å². The van der Waals surface area contributed by atoms with E-state index in [4.69, 9.17) is 0 Å². The van der Waals surface area contributed by atoms with Crippen molar-refractivity contribution in [1.82, 2.24) is 0 Å². The molecule has 0 saturated heterocycles. The highest BCUT2D eigenvalue weighted by atomic mass is 14.2. The van der Waals surface area contributed by atoms with Gasteiger partial charge in [0, 0.05) is 0 Å². The molecule has 0 radical (unpaired) electrons. The van der Waals surface area contributed by atoms with Crippen LogP contribution < -0.4 is 0 Å². The van der Waals surface area contributed by atoms with Crippen LogP contribution in [0.15, 0.2) is 84.9 Å². The summed E-state index contributed by atoms with van der Waals surface area (Å²) < 4.78 is 0. The van der Waals surface area contributed by atoms with Crippen LogP contribution in [0.3, 0.4) is 0 Å². The molecule has 0 nitrogen and oxygen atoms in total. The molecule has 24 heavy (non-hydrogen) atoms. The van der Waals surface area contributed by atoms with Crippen LogP contribution in [0.2, 0.25) is 0 Å². The molecule has 4 aromatic rings. The quantitative estimate of drug-likeness (QED) is 0.356. The van der Waals surface area contributed by atoms with Gasteiger partial charge in [-0.25, -0.2) is 0 Å². The molecule has 0 heterocycles. The van der Waals surface area contributed by atoms with Crippen LogP contribution in [0.1, 0.15) is 22.3 Å². The number of rotatable bonds is 1. The number of hydrogen-bond donors (Lipinski definition) is 0. The third-order valence-corrected chi connectivity index (χ3v) is 5.17. The van der Waals surface area contributed by atoms with Gasteiger partial charge in [0.05, 0.1) is 0 Å². The Bertz CT molecular complexity index is 1040. The van der Waals surface area contributed by atoms with Gasteiger partial charge < -0.3 is 0 Å². The topological polar surface area (TPSA) is 0 Å². The summed E-state index contributed by atoms with van der Waals surface area (Å²) in [6.07, 6.45) is 2.10. The highest BCUT2D eigenvalue weighted by molar-refractivity contribution is 5.97. The molecule has 0 N–H and O–H groups in total. The first-order chi connectivity index (χ1) is 11.9. The summed E-state index contributed by atoms with van der Waals surface area (Å²) in [5.74, 6) is 0. The highest BCUT2D eigenvalue weighted by Gasteiger charge is 2.16. The first-order valence-electron chi connectivity index (χ1n) is 8.55. The van der Waals surface area contributed by atoms with Crippen LogP contribution >= 0.6 is 0 Å². The minimum Gasteiger partial charge on any atom is -0.0622 e. The summed E-state index contributed by atoms with van der Waals surface area (Å²) in [7, 11) is 0. The van der Waals surface area contributed by atoms with E-state index in [9.17, 15) is 0 Å². The van der Waals surface area contributed by atoms with Gasteiger partial charge in [-0.3, -0.25) is 0 Å². The van der Waals surface area contributed by atoms with Crippen molar-refractivity contribution in [3.63, 3.8) is 0 Å². The lowest BCUT2D eigenvalue weighted by Gasteiger charge is -2.21. The third kappa shape index (κ3) is 2.15. The Balaban J connectivity index is 1.71. The van der Waals surface area contributed by atoms with Crippen LogP contribution in [0.4, 0.5) is 0 Å². The zero-order valence-corrected chi connectivity index (χ0v) is 13.5. The molecule has 0 aliphatic heterocycles. The Morgan fingerprint density at radius 1 is 0.500 bits per heavy atom. The molecule has 0 heteroatoms. The maximum absolute atomic E-state index is 2.42. The fourth-order valence-electron chi connectivity index (χ4n) is 3.93. The van der Waals surface area contributed by atoms with E-state index in [-0.39, 0.29) is 0 Å². The third-order valence-electron chi connectivity index (χ3n) is 5.17. The van der Waals surface area contributed by atoms with Crippen molar-refractivity contribution in [2.75, 3.05) is 0 Å². The molecule has 0 bridgehead atoms. The Labute approximate surface area is 142 Å². The molecule has 5 rings (SSSR count). The van der Waals surface area contributed by atoms with E-state index in [1.807, 2.05) is 0 Å². The van der Waals surface area contributed by atoms with Crippen LogP contribution in [-0.4, -0.2) is 0 Å². The van der Waals surface area contributed by atoms with E-state index in [0.717, 1.165) is 12.8 Å². The first-order valence-corrected chi connectivity index (χ1v) is 8.55. The first kappa shape index (κ1) is 13.6. The van der Waals surface area contributed by atoms with Crippen molar-refractivity contribution in [1.29, 1.82) is 0 Å². The van der Waals surface area contributed by atoms with Crippen molar-refractivity contribution in [3.05, 3.63) is 107 Å². The smallest absolute Gasteiger partial charge is 0.00198 e. The Morgan fingerprint density at radius 2 is 1.17 bits per heavy atom. The number of benzene rings is 4. The van der Waals surface area contributed by atoms with Gasteiger partial charge >= 0.3 is 0 Å². The predicted octanol–water partition coefficient (Wildman–Crippen LogP) is 6.00. The van der Waals surface area contributed by atoms with Gasteiger partial charge in [0.25, 0.3) is 0 Å². The van der Waals surface area contributed by atoms with Crippen molar-refractivity contribution in [2.24, 2.45) is 0 Å². The molecular weight excluding hydrogens is 288 g/mol. The SMILES string of the molecule is c1ccc(-c2cccc3cc4c(cc23)Cc2ccccc2C4)cc1. The Hall–Kier alpha value is -2.86. The summed E-state index contributed by atoms with van der Waals surface area (Å²) in [6, 6.07) is 31.0. The van der Waals surface area contributed by atoms with Crippen molar-refractivity contribution in [2.45, 2.75) is 12.8 Å². The number of fused-ring (bicyclic) bond motifs is 3. The van der Waals surface area contributed by atoms with E-state index in [0.29, 0.717) is 0 Å². The van der Waals surface area contributed by atoms with Crippen molar-refractivity contribution < 1.29 is 0 Å². The van der Waals surface area contributed by atoms with Crippen LogP contribution in [-0.2, 0) is 12.8 Å². The lowest BCUT2D eigenvalue weighted by atomic mass is 9.83. The van der Waals surface area contributed by atoms with Gasteiger partial charge in [0.1, 0.15) is 0 Å². The monoisotopic (exact) mass is 306 g/mol. The summed E-state index contributed by atoms with van der Waals surface area (Å²) >= 11 is 0. The molecule has 0 unspecified atom stereocenters. The van der Waals surface area contributed by atoms with Crippen LogP contribution in [0.5, 0.6) is 0 Å². The van der Waals surface area contributed by atoms with Crippen LogP contribution in [0, 0.1) is 0 Å².